The van der Waals surface area contributed by atoms with Crippen LogP contribution >= 0.6 is 0 Å². The quantitative estimate of drug-likeness (QED) is 0.700. The highest BCUT2D eigenvalue weighted by Gasteiger charge is 2.30. The second kappa shape index (κ2) is 2.79. The van der Waals surface area contributed by atoms with Crippen LogP contribution in [0.1, 0.15) is 18.9 Å². The maximum atomic E-state index is 11.1. The van der Waals surface area contributed by atoms with Crippen molar-refractivity contribution in [2.45, 2.75) is 25.0 Å². The molecule has 0 spiro atoms. The normalized spacial score (nSPS) is 28.4. The van der Waals surface area contributed by atoms with Gasteiger partial charge < -0.3 is 9.72 Å². The topological polar surface area (TPSA) is 47.0 Å². The summed E-state index contributed by atoms with van der Waals surface area (Å²) in [7, 11) is 1.71. The first-order valence-electron chi connectivity index (χ1n) is 4.09. The summed E-state index contributed by atoms with van der Waals surface area (Å²) in [4.78, 5) is 13.7. The number of hydrogen-bond donors (Lipinski definition) is 1. The van der Waals surface area contributed by atoms with E-state index in [4.69, 9.17) is 4.74 Å². The van der Waals surface area contributed by atoms with E-state index in [0.717, 1.165) is 12.8 Å². The molecule has 1 saturated carbocycles. The molecule has 0 aromatic carbocycles. The zero-order valence-electron chi connectivity index (χ0n) is 6.99. The van der Waals surface area contributed by atoms with Crippen LogP contribution in [0.5, 0.6) is 0 Å². The van der Waals surface area contributed by atoms with E-state index in [1.165, 1.54) is 0 Å². The fraction of sp³-hybridized carbons (Fsp3) is 0.625. The second-order valence-electron chi connectivity index (χ2n) is 3.16. The zero-order valence-corrected chi connectivity index (χ0v) is 6.99. The number of aromatic amines is 1. The fourth-order valence-corrected chi connectivity index (χ4v) is 1.58. The number of H-pyrrole nitrogens is 1. The molecule has 0 unspecified atom stereocenters. The van der Waals surface area contributed by atoms with Crippen molar-refractivity contribution in [2.75, 3.05) is 7.11 Å². The number of nitrogens with zero attached hydrogens (tertiary/aromatic N) is 1. The summed E-state index contributed by atoms with van der Waals surface area (Å²) in [6.07, 6.45) is 5.71. The number of hydrogen-bond acceptors (Lipinski definition) is 2. The van der Waals surface area contributed by atoms with E-state index in [-0.39, 0.29) is 5.69 Å². The maximum Gasteiger partial charge on any atom is 0.325 e. The van der Waals surface area contributed by atoms with Gasteiger partial charge in [-0.25, -0.2) is 4.79 Å². The predicted octanol–water partition coefficient (Wildman–Crippen LogP) is 0.526. The molecule has 2 rings (SSSR count). The molecule has 1 aromatic rings. The number of rotatable bonds is 2. The third-order valence-electron chi connectivity index (χ3n) is 2.47. The summed E-state index contributed by atoms with van der Waals surface area (Å²) >= 11 is 0. The van der Waals surface area contributed by atoms with Crippen molar-refractivity contribution >= 4 is 0 Å². The minimum absolute atomic E-state index is 0.0189. The summed E-state index contributed by atoms with van der Waals surface area (Å²) in [5.74, 6) is 0. The van der Waals surface area contributed by atoms with E-state index in [0.29, 0.717) is 12.1 Å². The minimum atomic E-state index is -0.0189. The van der Waals surface area contributed by atoms with E-state index >= 15 is 0 Å². The smallest absolute Gasteiger partial charge is 0.325 e. The molecule has 0 amide bonds. The third kappa shape index (κ3) is 1.08. The number of aromatic nitrogens is 2. The zero-order chi connectivity index (χ0) is 8.55. The van der Waals surface area contributed by atoms with Crippen molar-refractivity contribution in [1.82, 2.24) is 9.55 Å². The molecular weight excluding hydrogens is 156 g/mol. The average molecular weight is 168 g/mol. The van der Waals surface area contributed by atoms with Crippen LogP contribution in [-0.4, -0.2) is 22.8 Å². The van der Waals surface area contributed by atoms with Crippen molar-refractivity contribution < 1.29 is 4.74 Å². The molecule has 0 saturated heterocycles. The number of imidazole rings is 1. The Balaban J connectivity index is 2.06. The highest BCUT2D eigenvalue weighted by Crippen LogP contribution is 2.32. The Morgan fingerprint density at radius 2 is 2.42 bits per heavy atom. The maximum absolute atomic E-state index is 11.1. The standard InChI is InChI=1S/C8H12N2O2/c1-12-7-4-6(5-7)10-3-2-9-8(10)11/h2-3,6-7H,4-5H2,1H3,(H,9,11). The van der Waals surface area contributed by atoms with E-state index < -0.39 is 0 Å². The van der Waals surface area contributed by atoms with Gasteiger partial charge in [0.25, 0.3) is 0 Å². The van der Waals surface area contributed by atoms with Gasteiger partial charge in [0, 0.05) is 25.5 Å². The molecule has 1 N–H and O–H groups in total. The molecule has 0 aliphatic heterocycles. The van der Waals surface area contributed by atoms with Gasteiger partial charge in [0.15, 0.2) is 0 Å². The Labute approximate surface area is 70.2 Å². The van der Waals surface area contributed by atoms with Gasteiger partial charge in [-0.3, -0.25) is 4.57 Å². The number of methoxy groups -OCH3 is 1. The summed E-state index contributed by atoms with van der Waals surface area (Å²) in [5.41, 5.74) is -0.0189. The van der Waals surface area contributed by atoms with Crippen LogP contribution in [0, 0.1) is 0 Å². The van der Waals surface area contributed by atoms with Gasteiger partial charge in [0.1, 0.15) is 0 Å². The molecule has 1 heterocycles. The highest BCUT2D eigenvalue weighted by molar-refractivity contribution is 4.90. The molecular formula is C8H12N2O2. The van der Waals surface area contributed by atoms with Crippen LogP contribution in [0.3, 0.4) is 0 Å². The number of nitrogens with one attached hydrogen (secondary N) is 1. The first-order valence-corrected chi connectivity index (χ1v) is 4.09. The van der Waals surface area contributed by atoms with Crippen LogP contribution in [0.15, 0.2) is 17.2 Å². The van der Waals surface area contributed by atoms with Gasteiger partial charge in [-0.2, -0.15) is 0 Å². The fourth-order valence-electron chi connectivity index (χ4n) is 1.58. The Kier molecular flexibility index (Phi) is 1.77. The third-order valence-corrected chi connectivity index (χ3v) is 2.47. The molecule has 4 heteroatoms. The van der Waals surface area contributed by atoms with Crippen molar-refractivity contribution in [3.63, 3.8) is 0 Å². The monoisotopic (exact) mass is 168 g/mol. The molecule has 4 nitrogen and oxygen atoms in total. The van der Waals surface area contributed by atoms with E-state index in [2.05, 4.69) is 4.98 Å². The van der Waals surface area contributed by atoms with E-state index in [9.17, 15) is 4.79 Å². The lowest BCUT2D eigenvalue weighted by molar-refractivity contribution is 0.00527. The molecule has 1 aromatic heterocycles. The van der Waals surface area contributed by atoms with Crippen LogP contribution in [0.2, 0.25) is 0 Å². The average Bonchev–Trinajstić information content (AvgIpc) is 2.35. The van der Waals surface area contributed by atoms with E-state index in [1.807, 2.05) is 0 Å². The molecule has 0 radical (unpaired) electrons. The molecule has 12 heavy (non-hydrogen) atoms. The Morgan fingerprint density at radius 1 is 1.67 bits per heavy atom. The molecule has 1 aliphatic rings. The first kappa shape index (κ1) is 7.61. The van der Waals surface area contributed by atoms with Crippen molar-refractivity contribution in [2.24, 2.45) is 0 Å². The lowest BCUT2D eigenvalue weighted by atomic mass is 9.89. The Morgan fingerprint density at radius 3 is 2.92 bits per heavy atom. The number of ether oxygens (including phenoxy) is 1. The lowest BCUT2D eigenvalue weighted by Crippen LogP contribution is -2.36. The van der Waals surface area contributed by atoms with Crippen molar-refractivity contribution in [3.05, 3.63) is 22.9 Å². The molecule has 1 aliphatic carbocycles. The second-order valence-corrected chi connectivity index (χ2v) is 3.16. The Hall–Kier alpha value is -1.03. The van der Waals surface area contributed by atoms with Crippen LogP contribution < -0.4 is 5.69 Å². The van der Waals surface area contributed by atoms with Gasteiger partial charge in [0.05, 0.1) is 6.10 Å². The van der Waals surface area contributed by atoms with Gasteiger partial charge in [-0.15, -0.1) is 0 Å². The van der Waals surface area contributed by atoms with Gasteiger partial charge in [-0.05, 0) is 12.8 Å². The summed E-state index contributed by atoms with van der Waals surface area (Å²) < 4.78 is 6.86. The molecule has 66 valence electrons. The summed E-state index contributed by atoms with van der Waals surface area (Å²) in [6, 6.07) is 0.341. The molecule has 0 atom stereocenters. The van der Waals surface area contributed by atoms with Crippen LogP contribution in [-0.2, 0) is 4.74 Å². The molecule has 1 fully saturated rings. The summed E-state index contributed by atoms with van der Waals surface area (Å²) in [6.45, 7) is 0. The lowest BCUT2D eigenvalue weighted by Gasteiger charge is -2.34. The van der Waals surface area contributed by atoms with Crippen LogP contribution in [0.25, 0.3) is 0 Å². The minimum Gasteiger partial charge on any atom is -0.381 e. The van der Waals surface area contributed by atoms with Gasteiger partial charge in [-0.1, -0.05) is 0 Å². The summed E-state index contributed by atoms with van der Waals surface area (Å²) in [5, 5.41) is 0. The first-order chi connectivity index (χ1) is 5.81. The Bertz CT molecular complexity index is 309. The van der Waals surface area contributed by atoms with E-state index in [1.54, 1.807) is 24.1 Å². The highest BCUT2D eigenvalue weighted by atomic mass is 16.5. The van der Waals surface area contributed by atoms with Crippen molar-refractivity contribution in [1.29, 1.82) is 0 Å². The predicted molar refractivity (Wildman–Crippen MR) is 44.1 cm³/mol. The van der Waals surface area contributed by atoms with Crippen molar-refractivity contribution in [3.8, 4) is 0 Å². The largest absolute Gasteiger partial charge is 0.381 e. The van der Waals surface area contributed by atoms with Gasteiger partial charge >= 0.3 is 5.69 Å². The van der Waals surface area contributed by atoms with Gasteiger partial charge in [0.2, 0.25) is 0 Å². The SMILES string of the molecule is COC1CC(n2cc[nH]c2=O)C1. The molecule has 0 bridgehead atoms. The van der Waals surface area contributed by atoms with Crippen LogP contribution in [0.4, 0.5) is 0 Å².